The third-order valence-electron chi connectivity index (χ3n) is 3.39. The van der Waals surface area contributed by atoms with E-state index in [4.69, 9.17) is 28.2 Å². The normalized spacial score (nSPS) is 18.3. The van der Waals surface area contributed by atoms with Crippen molar-refractivity contribution in [2.75, 3.05) is 4.90 Å². The Morgan fingerprint density at radius 2 is 1.91 bits per heavy atom. The summed E-state index contributed by atoms with van der Waals surface area (Å²) >= 11 is 13.0. The van der Waals surface area contributed by atoms with Gasteiger partial charge in [-0.3, -0.25) is 14.5 Å². The average molecular weight is 461 g/mol. The van der Waals surface area contributed by atoms with Crippen LogP contribution in [-0.2, 0) is 16.0 Å². The van der Waals surface area contributed by atoms with Crippen molar-refractivity contribution in [2.45, 2.75) is 6.42 Å². The van der Waals surface area contributed by atoms with Gasteiger partial charge in [0, 0.05) is 11.4 Å². The van der Waals surface area contributed by atoms with Crippen molar-refractivity contribution in [3.05, 3.63) is 50.9 Å². The molecule has 0 bridgehead atoms. The zero-order chi connectivity index (χ0) is 16.6. The Morgan fingerprint density at radius 3 is 2.52 bits per heavy atom. The van der Waals surface area contributed by atoms with Gasteiger partial charge in [-0.1, -0.05) is 11.6 Å². The van der Waals surface area contributed by atoms with Crippen LogP contribution in [0.2, 0.25) is 5.02 Å². The molecule has 118 valence electrons. The van der Waals surface area contributed by atoms with Crippen LogP contribution in [0.3, 0.4) is 0 Å². The van der Waals surface area contributed by atoms with Crippen LogP contribution >= 0.6 is 46.4 Å². The summed E-state index contributed by atoms with van der Waals surface area (Å²) in [5, 5.41) is 3.18. The SMILES string of the molecule is O=C1NC(=S)N(c2ccc(Cl)cc2)C(=O)C1Cc1ccc(I)o1. The number of thiocarbonyl (C=S) groups is 1. The molecule has 1 unspecified atom stereocenters. The Hall–Kier alpha value is -1.45. The summed E-state index contributed by atoms with van der Waals surface area (Å²) in [6, 6.07) is 10.2. The summed E-state index contributed by atoms with van der Waals surface area (Å²) in [7, 11) is 0. The van der Waals surface area contributed by atoms with Gasteiger partial charge >= 0.3 is 0 Å². The highest BCUT2D eigenvalue weighted by atomic mass is 127. The molecule has 2 aromatic rings. The van der Waals surface area contributed by atoms with Gasteiger partial charge in [0.1, 0.15) is 11.7 Å². The number of nitrogens with one attached hydrogen (secondary N) is 1. The third kappa shape index (κ3) is 3.41. The minimum Gasteiger partial charge on any atom is -0.455 e. The van der Waals surface area contributed by atoms with Gasteiger partial charge in [0.05, 0.1) is 5.69 Å². The van der Waals surface area contributed by atoms with E-state index in [0.29, 0.717) is 20.2 Å². The molecule has 5 nitrogen and oxygen atoms in total. The Bertz CT molecular complexity index is 790. The second kappa shape index (κ2) is 6.58. The number of hydrogen-bond donors (Lipinski definition) is 1. The predicted octanol–water partition coefficient (Wildman–Crippen LogP) is 3.14. The highest BCUT2D eigenvalue weighted by Gasteiger charge is 2.39. The maximum absolute atomic E-state index is 12.7. The van der Waals surface area contributed by atoms with Crippen molar-refractivity contribution in [1.29, 1.82) is 0 Å². The van der Waals surface area contributed by atoms with E-state index in [2.05, 4.69) is 5.32 Å². The van der Waals surface area contributed by atoms with Gasteiger partial charge in [0.15, 0.2) is 8.88 Å². The molecule has 1 saturated heterocycles. The predicted molar refractivity (Wildman–Crippen MR) is 98.3 cm³/mol. The van der Waals surface area contributed by atoms with Gasteiger partial charge in [0.2, 0.25) is 11.8 Å². The molecule has 2 heterocycles. The van der Waals surface area contributed by atoms with Crippen molar-refractivity contribution >= 4 is 69.0 Å². The summed E-state index contributed by atoms with van der Waals surface area (Å²) in [5.41, 5.74) is 0.559. The van der Waals surface area contributed by atoms with Crippen LogP contribution in [0.15, 0.2) is 40.8 Å². The zero-order valence-electron chi connectivity index (χ0n) is 11.6. The summed E-state index contributed by atoms with van der Waals surface area (Å²) in [6.45, 7) is 0. The molecule has 0 spiro atoms. The Morgan fingerprint density at radius 1 is 1.22 bits per heavy atom. The first kappa shape index (κ1) is 16.4. The molecule has 1 fully saturated rings. The molecule has 1 atom stereocenters. The largest absolute Gasteiger partial charge is 0.455 e. The highest BCUT2D eigenvalue weighted by Crippen LogP contribution is 2.25. The quantitative estimate of drug-likeness (QED) is 0.434. The lowest BCUT2D eigenvalue weighted by molar-refractivity contribution is -0.133. The molecular formula is C15H10ClIN2O3S. The number of anilines is 1. The molecule has 0 radical (unpaired) electrons. The fourth-order valence-corrected chi connectivity index (χ4v) is 3.18. The average Bonchev–Trinajstić information content (AvgIpc) is 2.91. The van der Waals surface area contributed by atoms with E-state index in [0.717, 1.165) is 0 Å². The summed E-state index contributed by atoms with van der Waals surface area (Å²) in [4.78, 5) is 26.2. The minimum absolute atomic E-state index is 0.0626. The van der Waals surface area contributed by atoms with Gasteiger partial charge in [-0.2, -0.15) is 0 Å². The second-order valence-electron chi connectivity index (χ2n) is 4.91. The van der Waals surface area contributed by atoms with Crippen LogP contribution in [0.4, 0.5) is 5.69 Å². The smallest absolute Gasteiger partial charge is 0.246 e. The van der Waals surface area contributed by atoms with E-state index >= 15 is 0 Å². The first-order valence-electron chi connectivity index (χ1n) is 6.64. The molecule has 0 saturated carbocycles. The van der Waals surface area contributed by atoms with Crippen LogP contribution in [0, 0.1) is 9.68 Å². The van der Waals surface area contributed by atoms with Gasteiger partial charge in [-0.05, 0) is 71.2 Å². The number of nitrogens with zero attached hydrogens (tertiary/aromatic N) is 1. The fourth-order valence-electron chi connectivity index (χ4n) is 2.29. The molecule has 2 amide bonds. The first-order chi connectivity index (χ1) is 11.0. The lowest BCUT2D eigenvalue weighted by Crippen LogP contribution is -2.58. The van der Waals surface area contributed by atoms with Gasteiger partial charge in [-0.25, -0.2) is 0 Å². The van der Waals surface area contributed by atoms with Crippen molar-refractivity contribution in [3.8, 4) is 0 Å². The molecule has 1 aromatic heterocycles. The number of hydrogen-bond acceptors (Lipinski definition) is 4. The number of amides is 2. The van der Waals surface area contributed by atoms with E-state index in [1.54, 1.807) is 36.4 Å². The van der Waals surface area contributed by atoms with E-state index < -0.39 is 11.8 Å². The minimum atomic E-state index is -0.890. The van der Waals surface area contributed by atoms with Crippen LogP contribution in [0.1, 0.15) is 5.76 Å². The van der Waals surface area contributed by atoms with E-state index in [1.165, 1.54) is 4.90 Å². The van der Waals surface area contributed by atoms with E-state index in [1.807, 2.05) is 22.6 Å². The monoisotopic (exact) mass is 460 g/mol. The zero-order valence-corrected chi connectivity index (χ0v) is 15.3. The number of carbonyl (C=O) groups excluding carboxylic acids is 2. The van der Waals surface area contributed by atoms with Crippen molar-refractivity contribution in [1.82, 2.24) is 5.32 Å². The van der Waals surface area contributed by atoms with Crippen molar-refractivity contribution in [2.24, 2.45) is 5.92 Å². The van der Waals surface area contributed by atoms with Crippen LogP contribution in [-0.4, -0.2) is 16.9 Å². The lowest BCUT2D eigenvalue weighted by Gasteiger charge is -2.32. The lowest BCUT2D eigenvalue weighted by atomic mass is 9.99. The maximum Gasteiger partial charge on any atom is 0.246 e. The molecule has 1 N–H and O–H groups in total. The molecule has 8 heteroatoms. The highest BCUT2D eigenvalue weighted by molar-refractivity contribution is 14.1. The Labute approximate surface area is 156 Å². The third-order valence-corrected chi connectivity index (χ3v) is 4.50. The summed E-state index contributed by atoms with van der Waals surface area (Å²) < 4.78 is 6.15. The van der Waals surface area contributed by atoms with Gasteiger partial charge in [0.25, 0.3) is 0 Å². The fraction of sp³-hybridized carbons (Fsp3) is 0.133. The number of rotatable bonds is 3. The Kier molecular flexibility index (Phi) is 4.69. The first-order valence-corrected chi connectivity index (χ1v) is 8.51. The number of carbonyl (C=O) groups is 2. The van der Waals surface area contributed by atoms with Gasteiger partial charge < -0.3 is 9.73 Å². The summed E-state index contributed by atoms with van der Waals surface area (Å²) in [6.07, 6.45) is 0.181. The molecule has 0 aliphatic carbocycles. The molecule has 1 aliphatic heterocycles. The van der Waals surface area contributed by atoms with E-state index in [9.17, 15) is 9.59 Å². The maximum atomic E-state index is 12.7. The topological polar surface area (TPSA) is 62.6 Å². The Balaban J connectivity index is 1.89. The van der Waals surface area contributed by atoms with E-state index in [-0.39, 0.29) is 17.4 Å². The number of furan rings is 1. The molecule has 23 heavy (non-hydrogen) atoms. The number of halogens is 2. The van der Waals surface area contributed by atoms with Crippen LogP contribution in [0.5, 0.6) is 0 Å². The van der Waals surface area contributed by atoms with Crippen LogP contribution in [0.25, 0.3) is 0 Å². The summed E-state index contributed by atoms with van der Waals surface area (Å²) in [5.74, 6) is -1.12. The second-order valence-corrected chi connectivity index (χ2v) is 6.79. The van der Waals surface area contributed by atoms with Gasteiger partial charge in [-0.15, -0.1) is 0 Å². The van der Waals surface area contributed by atoms with Crippen molar-refractivity contribution in [3.63, 3.8) is 0 Å². The van der Waals surface area contributed by atoms with Crippen molar-refractivity contribution < 1.29 is 14.0 Å². The molecule has 1 aliphatic rings. The van der Waals surface area contributed by atoms with Crippen LogP contribution < -0.4 is 10.2 Å². The molecule has 3 rings (SSSR count). The standard InChI is InChI=1S/C15H10ClIN2O3S/c16-8-1-3-9(4-2-8)19-14(21)11(13(20)18-15(19)23)7-10-5-6-12(17)22-10/h1-6,11H,7H2,(H,18,20,23). The molecular weight excluding hydrogens is 451 g/mol. The molecule has 1 aromatic carbocycles. The number of benzene rings is 1.